The first-order valence-corrected chi connectivity index (χ1v) is 11.2. The van der Waals surface area contributed by atoms with Gasteiger partial charge >= 0.3 is 0 Å². The Labute approximate surface area is 177 Å². The smallest absolute Gasteiger partial charge is 0.244 e. The highest BCUT2D eigenvalue weighted by atomic mass is 35.5. The van der Waals surface area contributed by atoms with Crippen molar-refractivity contribution in [3.63, 3.8) is 0 Å². The molecule has 2 aromatic carbocycles. The monoisotopic (exact) mass is 439 g/mol. The van der Waals surface area contributed by atoms with Crippen LogP contribution in [-0.4, -0.2) is 66.8 Å². The lowest BCUT2D eigenvalue weighted by atomic mass is 10.2. The Balaban J connectivity index is 1.53. The van der Waals surface area contributed by atoms with E-state index in [9.17, 15) is 8.42 Å². The molecule has 1 N–H and O–H groups in total. The van der Waals surface area contributed by atoms with Crippen molar-refractivity contribution in [3.05, 3.63) is 47.5 Å². The van der Waals surface area contributed by atoms with Crippen molar-refractivity contribution < 1.29 is 17.9 Å². The third-order valence-corrected chi connectivity index (χ3v) is 6.65. The molecule has 1 aliphatic rings. The maximum atomic E-state index is 12.6. The molecule has 0 amide bonds. The van der Waals surface area contributed by atoms with E-state index in [-0.39, 0.29) is 10.6 Å². The number of hydrogen-bond acceptors (Lipinski definition) is 6. The molecule has 2 aromatic rings. The van der Waals surface area contributed by atoms with Gasteiger partial charge in [-0.05, 0) is 30.3 Å². The van der Waals surface area contributed by atoms with Gasteiger partial charge in [0.2, 0.25) is 10.0 Å². The molecule has 0 aliphatic carbocycles. The molecule has 1 fully saturated rings. The van der Waals surface area contributed by atoms with Gasteiger partial charge in [-0.3, -0.25) is 4.90 Å². The minimum Gasteiger partial charge on any atom is -0.495 e. The van der Waals surface area contributed by atoms with Crippen molar-refractivity contribution in [3.8, 4) is 11.5 Å². The van der Waals surface area contributed by atoms with Crippen molar-refractivity contribution in [1.29, 1.82) is 0 Å². The fraction of sp³-hybridized carbons (Fsp3) is 0.400. The number of para-hydroxylation sites is 2. The summed E-state index contributed by atoms with van der Waals surface area (Å²) in [5.41, 5.74) is 1.09. The largest absolute Gasteiger partial charge is 0.495 e. The lowest BCUT2D eigenvalue weighted by molar-refractivity contribution is 0.261. The number of piperazine rings is 1. The summed E-state index contributed by atoms with van der Waals surface area (Å²) in [4.78, 5) is 4.58. The van der Waals surface area contributed by atoms with Crippen LogP contribution in [0.4, 0.5) is 5.69 Å². The summed E-state index contributed by atoms with van der Waals surface area (Å²) in [5.74, 6) is 1.14. The molecule has 0 unspecified atom stereocenters. The Bertz CT molecular complexity index is 931. The Morgan fingerprint density at radius 2 is 1.69 bits per heavy atom. The van der Waals surface area contributed by atoms with Gasteiger partial charge in [0.25, 0.3) is 0 Å². The zero-order valence-corrected chi connectivity index (χ0v) is 18.2. The summed E-state index contributed by atoms with van der Waals surface area (Å²) in [5, 5.41) is 0.346. The van der Waals surface area contributed by atoms with E-state index in [4.69, 9.17) is 21.1 Å². The summed E-state index contributed by atoms with van der Waals surface area (Å²) in [6.45, 7) is 4.35. The fourth-order valence-electron chi connectivity index (χ4n) is 3.38. The first-order chi connectivity index (χ1) is 13.9. The molecule has 1 heterocycles. The van der Waals surface area contributed by atoms with E-state index in [1.165, 1.54) is 13.2 Å². The number of rotatable bonds is 8. The quantitative estimate of drug-likeness (QED) is 0.681. The highest BCUT2D eigenvalue weighted by Gasteiger charge is 2.22. The van der Waals surface area contributed by atoms with Gasteiger partial charge in [-0.25, -0.2) is 13.1 Å². The average molecular weight is 440 g/mol. The van der Waals surface area contributed by atoms with Gasteiger partial charge in [0.1, 0.15) is 16.4 Å². The Kier molecular flexibility index (Phi) is 7.23. The van der Waals surface area contributed by atoms with Gasteiger partial charge in [-0.2, -0.15) is 0 Å². The van der Waals surface area contributed by atoms with E-state index < -0.39 is 10.0 Å². The number of ether oxygens (including phenoxy) is 2. The Morgan fingerprint density at radius 1 is 1.00 bits per heavy atom. The number of hydrogen-bond donors (Lipinski definition) is 1. The van der Waals surface area contributed by atoms with Crippen LogP contribution in [0.25, 0.3) is 0 Å². The Morgan fingerprint density at radius 3 is 2.38 bits per heavy atom. The van der Waals surface area contributed by atoms with E-state index in [2.05, 4.69) is 20.6 Å². The molecule has 1 aliphatic heterocycles. The number of nitrogens with one attached hydrogen (secondary N) is 1. The van der Waals surface area contributed by atoms with Crippen molar-refractivity contribution in [2.45, 2.75) is 4.90 Å². The van der Waals surface area contributed by atoms with Crippen LogP contribution < -0.4 is 19.1 Å². The van der Waals surface area contributed by atoms with E-state index in [0.29, 0.717) is 18.1 Å². The highest BCUT2D eigenvalue weighted by Crippen LogP contribution is 2.28. The molecule has 0 aromatic heterocycles. The molecular formula is C20H26ClN3O4S. The number of anilines is 1. The first kappa shape index (κ1) is 21.7. The minimum absolute atomic E-state index is 0.0495. The molecule has 7 nitrogen and oxygen atoms in total. The van der Waals surface area contributed by atoms with Crippen LogP contribution in [0.1, 0.15) is 0 Å². The van der Waals surface area contributed by atoms with Crippen LogP contribution in [0.2, 0.25) is 5.02 Å². The zero-order valence-electron chi connectivity index (χ0n) is 16.6. The second kappa shape index (κ2) is 9.67. The molecule has 0 spiro atoms. The van der Waals surface area contributed by atoms with Crippen molar-refractivity contribution in [2.75, 3.05) is 58.4 Å². The SMILES string of the molecule is COc1ccccc1N1CCN(CCNS(=O)(=O)c2cc(Cl)ccc2OC)CC1. The summed E-state index contributed by atoms with van der Waals surface area (Å²) >= 11 is 5.95. The molecular weight excluding hydrogens is 414 g/mol. The number of methoxy groups -OCH3 is 2. The predicted octanol–water partition coefficient (Wildman–Crippen LogP) is 2.46. The third kappa shape index (κ3) is 5.33. The van der Waals surface area contributed by atoms with E-state index in [1.807, 2.05) is 18.2 Å². The fourth-order valence-corrected chi connectivity index (χ4v) is 4.83. The number of halogens is 1. The van der Waals surface area contributed by atoms with Gasteiger partial charge in [0.15, 0.2) is 0 Å². The van der Waals surface area contributed by atoms with Crippen LogP contribution in [0.3, 0.4) is 0 Å². The second-order valence-electron chi connectivity index (χ2n) is 6.69. The lowest BCUT2D eigenvalue weighted by Gasteiger charge is -2.36. The maximum Gasteiger partial charge on any atom is 0.244 e. The van der Waals surface area contributed by atoms with Gasteiger partial charge in [0, 0.05) is 44.3 Å². The second-order valence-corrected chi connectivity index (χ2v) is 8.87. The number of nitrogens with zero attached hydrogens (tertiary/aromatic N) is 2. The molecule has 0 radical (unpaired) electrons. The number of benzene rings is 2. The van der Waals surface area contributed by atoms with Crippen molar-refractivity contribution in [1.82, 2.24) is 9.62 Å². The molecule has 0 bridgehead atoms. The minimum atomic E-state index is -3.70. The van der Waals surface area contributed by atoms with Gasteiger partial charge in [0.05, 0.1) is 19.9 Å². The topological polar surface area (TPSA) is 71.1 Å². The van der Waals surface area contributed by atoms with Gasteiger partial charge in [-0.1, -0.05) is 23.7 Å². The van der Waals surface area contributed by atoms with Crippen molar-refractivity contribution >= 4 is 27.3 Å². The van der Waals surface area contributed by atoms with E-state index in [0.717, 1.165) is 37.6 Å². The van der Waals surface area contributed by atoms with Crippen LogP contribution >= 0.6 is 11.6 Å². The molecule has 9 heteroatoms. The molecule has 29 heavy (non-hydrogen) atoms. The van der Waals surface area contributed by atoms with Crippen LogP contribution in [0.5, 0.6) is 11.5 Å². The molecule has 0 atom stereocenters. The lowest BCUT2D eigenvalue weighted by Crippen LogP contribution is -2.48. The number of sulfonamides is 1. The summed E-state index contributed by atoms with van der Waals surface area (Å²) < 4.78 is 38.5. The van der Waals surface area contributed by atoms with E-state index >= 15 is 0 Å². The van der Waals surface area contributed by atoms with E-state index in [1.54, 1.807) is 19.2 Å². The van der Waals surface area contributed by atoms with Crippen LogP contribution in [-0.2, 0) is 10.0 Å². The summed E-state index contributed by atoms with van der Waals surface area (Å²) in [6, 6.07) is 12.5. The maximum absolute atomic E-state index is 12.6. The first-order valence-electron chi connectivity index (χ1n) is 9.38. The molecule has 1 saturated heterocycles. The molecule has 158 valence electrons. The van der Waals surface area contributed by atoms with Gasteiger partial charge < -0.3 is 14.4 Å². The average Bonchev–Trinajstić information content (AvgIpc) is 2.74. The zero-order chi connectivity index (χ0) is 20.9. The molecule has 0 saturated carbocycles. The normalized spacial score (nSPS) is 15.3. The highest BCUT2D eigenvalue weighted by molar-refractivity contribution is 7.89. The Hall–Kier alpha value is -2.00. The predicted molar refractivity (Wildman–Crippen MR) is 115 cm³/mol. The van der Waals surface area contributed by atoms with Gasteiger partial charge in [-0.15, -0.1) is 0 Å². The van der Waals surface area contributed by atoms with Crippen LogP contribution in [0.15, 0.2) is 47.4 Å². The molecule has 3 rings (SSSR count). The standard InChI is InChI=1S/C20H26ClN3O4S/c1-27-18-6-4-3-5-17(18)24-13-11-23(12-14-24)10-9-22-29(25,26)20-15-16(21)7-8-19(20)28-2/h3-8,15,22H,9-14H2,1-2H3. The summed E-state index contributed by atoms with van der Waals surface area (Å²) in [7, 11) is -0.591. The van der Waals surface area contributed by atoms with Crippen molar-refractivity contribution in [2.24, 2.45) is 0 Å². The third-order valence-electron chi connectivity index (χ3n) is 4.93. The van der Waals surface area contributed by atoms with Crippen LogP contribution in [0, 0.1) is 0 Å². The summed E-state index contributed by atoms with van der Waals surface area (Å²) in [6.07, 6.45) is 0.